The van der Waals surface area contributed by atoms with E-state index in [9.17, 15) is 4.79 Å². The maximum absolute atomic E-state index is 10.0. The minimum absolute atomic E-state index is 0.875. The molecule has 0 heterocycles. The van der Waals surface area contributed by atoms with Crippen LogP contribution in [0.4, 0.5) is 0 Å². The fraction of sp³-hybridized carbons (Fsp3) is 0.375. The lowest BCUT2D eigenvalue weighted by atomic mass is 10.2. The third-order valence-electron chi connectivity index (χ3n) is 1.22. The van der Waals surface area contributed by atoms with E-state index in [-0.39, 0.29) is 0 Å². The van der Waals surface area contributed by atoms with Gasteiger partial charge in [-0.2, -0.15) is 0 Å². The van der Waals surface area contributed by atoms with Crippen LogP contribution in [0.5, 0.6) is 0 Å². The zero-order chi connectivity index (χ0) is 7.98. The predicted molar refractivity (Wildman–Crippen MR) is 40.8 cm³/mol. The lowest BCUT2D eigenvalue weighted by Gasteiger charge is -1.90. The van der Waals surface area contributed by atoms with E-state index in [0.717, 1.165) is 18.1 Å². The molecule has 0 saturated carbocycles. The molecule has 0 bridgehead atoms. The van der Waals surface area contributed by atoms with Crippen molar-refractivity contribution in [1.82, 2.24) is 0 Å². The molecule has 0 aromatic heterocycles. The molecule has 0 amide bonds. The highest BCUT2D eigenvalue weighted by molar-refractivity contribution is 5.80. The zero-order valence-corrected chi connectivity index (χ0v) is 6.29. The van der Waals surface area contributed by atoms with Crippen molar-refractivity contribution in [1.29, 1.82) is 0 Å². The Balaban J connectivity index is 3.98. The van der Waals surface area contributed by atoms with Gasteiger partial charge in [-0.25, -0.2) is 4.79 Å². The number of hydrogen-bond donors (Lipinski definition) is 1. The summed E-state index contributed by atoms with van der Waals surface area (Å²) in [4.78, 5) is 10.0. The molecule has 0 atom stereocenters. The number of aliphatic carboxylic acids is 1. The first-order valence-corrected chi connectivity index (χ1v) is 3.27. The van der Waals surface area contributed by atoms with Crippen LogP contribution >= 0.6 is 0 Å². The summed E-state index contributed by atoms with van der Waals surface area (Å²) in [7, 11) is 0. The Bertz CT molecular complexity index is 166. The second-order valence-corrected chi connectivity index (χ2v) is 1.89. The van der Waals surface area contributed by atoms with E-state index < -0.39 is 5.97 Å². The molecular formula is C8H12O2. The van der Waals surface area contributed by atoms with E-state index in [0.29, 0.717) is 0 Å². The van der Waals surface area contributed by atoms with Crippen LogP contribution < -0.4 is 0 Å². The van der Waals surface area contributed by atoms with E-state index in [4.69, 9.17) is 5.11 Å². The van der Waals surface area contributed by atoms with Gasteiger partial charge in [0.05, 0.1) is 0 Å². The van der Waals surface area contributed by atoms with Crippen molar-refractivity contribution in [3.8, 4) is 0 Å². The highest BCUT2D eigenvalue weighted by Crippen LogP contribution is 2.00. The molecule has 0 spiro atoms. The van der Waals surface area contributed by atoms with Crippen LogP contribution in [0.3, 0.4) is 0 Å². The van der Waals surface area contributed by atoms with Crippen molar-refractivity contribution in [2.75, 3.05) is 0 Å². The Morgan fingerprint density at radius 1 is 1.50 bits per heavy atom. The van der Waals surface area contributed by atoms with Crippen LogP contribution in [0.15, 0.2) is 23.8 Å². The second kappa shape index (κ2) is 4.79. The van der Waals surface area contributed by atoms with E-state index in [1.165, 1.54) is 0 Å². The van der Waals surface area contributed by atoms with Crippen LogP contribution in [-0.2, 0) is 4.79 Å². The number of carboxylic acids is 1. The van der Waals surface area contributed by atoms with Crippen molar-refractivity contribution in [3.05, 3.63) is 23.8 Å². The van der Waals surface area contributed by atoms with Crippen molar-refractivity contribution in [2.45, 2.75) is 20.3 Å². The van der Waals surface area contributed by atoms with Gasteiger partial charge in [0.1, 0.15) is 0 Å². The van der Waals surface area contributed by atoms with Gasteiger partial charge in [-0.05, 0) is 13.3 Å². The fourth-order valence-electron chi connectivity index (χ4n) is 0.597. The Kier molecular flexibility index (Phi) is 4.29. The summed E-state index contributed by atoms with van der Waals surface area (Å²) < 4.78 is 0. The standard InChI is InChI=1S/C8H12O2/c1-3-7(4-2)5-6-8(9)10/h3,5-6H,4H2,1-2H3,(H,9,10). The Labute approximate surface area is 60.9 Å². The highest BCUT2D eigenvalue weighted by atomic mass is 16.4. The molecular weight excluding hydrogens is 128 g/mol. The van der Waals surface area contributed by atoms with Gasteiger partial charge in [0.25, 0.3) is 0 Å². The molecule has 0 aromatic carbocycles. The molecule has 56 valence electrons. The Morgan fingerprint density at radius 2 is 2.10 bits per heavy atom. The molecule has 2 nitrogen and oxygen atoms in total. The fourth-order valence-corrected chi connectivity index (χ4v) is 0.597. The van der Waals surface area contributed by atoms with Gasteiger partial charge >= 0.3 is 5.97 Å². The number of allylic oxidation sites excluding steroid dienone is 3. The summed E-state index contributed by atoms with van der Waals surface area (Å²) in [5, 5.41) is 8.24. The first-order valence-electron chi connectivity index (χ1n) is 3.27. The second-order valence-electron chi connectivity index (χ2n) is 1.89. The van der Waals surface area contributed by atoms with Gasteiger partial charge in [-0.15, -0.1) is 0 Å². The lowest BCUT2D eigenvalue weighted by molar-refractivity contribution is -0.131. The third-order valence-corrected chi connectivity index (χ3v) is 1.22. The van der Waals surface area contributed by atoms with Gasteiger partial charge in [0.15, 0.2) is 0 Å². The van der Waals surface area contributed by atoms with Gasteiger partial charge in [0.2, 0.25) is 0 Å². The summed E-state index contributed by atoms with van der Waals surface area (Å²) >= 11 is 0. The summed E-state index contributed by atoms with van der Waals surface area (Å²) in [6.45, 7) is 3.88. The van der Waals surface area contributed by atoms with Gasteiger partial charge in [-0.3, -0.25) is 0 Å². The molecule has 0 aliphatic rings. The number of rotatable bonds is 3. The van der Waals surface area contributed by atoms with E-state index in [2.05, 4.69) is 0 Å². The number of carboxylic acid groups (broad SMARTS) is 1. The summed E-state index contributed by atoms with van der Waals surface area (Å²) in [6.07, 6.45) is 5.54. The predicted octanol–water partition coefficient (Wildman–Crippen LogP) is 1.98. The molecule has 1 N–H and O–H groups in total. The van der Waals surface area contributed by atoms with Crippen LogP contribution in [0, 0.1) is 0 Å². The maximum atomic E-state index is 10.0. The Hall–Kier alpha value is -1.05. The quantitative estimate of drug-likeness (QED) is 0.480. The van der Waals surface area contributed by atoms with Crippen LogP contribution in [0.1, 0.15) is 20.3 Å². The van der Waals surface area contributed by atoms with Crippen molar-refractivity contribution >= 4 is 5.97 Å². The molecule has 0 unspecified atom stereocenters. The molecule has 0 rings (SSSR count). The van der Waals surface area contributed by atoms with E-state index in [1.54, 1.807) is 6.08 Å². The van der Waals surface area contributed by atoms with Crippen LogP contribution in [0.2, 0.25) is 0 Å². The zero-order valence-electron chi connectivity index (χ0n) is 6.29. The monoisotopic (exact) mass is 140 g/mol. The summed E-state index contributed by atoms with van der Waals surface area (Å²) in [5.74, 6) is -0.896. The maximum Gasteiger partial charge on any atom is 0.328 e. The van der Waals surface area contributed by atoms with Crippen LogP contribution in [0.25, 0.3) is 0 Å². The van der Waals surface area contributed by atoms with Gasteiger partial charge in [-0.1, -0.05) is 24.6 Å². The smallest absolute Gasteiger partial charge is 0.328 e. The first-order chi connectivity index (χ1) is 4.70. The molecule has 0 aromatic rings. The normalized spacial score (nSPS) is 12.4. The van der Waals surface area contributed by atoms with Gasteiger partial charge in [0, 0.05) is 6.08 Å². The third kappa shape index (κ3) is 3.89. The van der Waals surface area contributed by atoms with Crippen molar-refractivity contribution in [3.63, 3.8) is 0 Å². The van der Waals surface area contributed by atoms with Crippen molar-refractivity contribution < 1.29 is 9.90 Å². The molecule has 0 fully saturated rings. The molecule has 0 aliphatic carbocycles. The summed E-state index contributed by atoms with van der Waals surface area (Å²) in [5.41, 5.74) is 1.04. The molecule has 0 saturated heterocycles. The largest absolute Gasteiger partial charge is 0.478 e. The SMILES string of the molecule is CC=C(C=CC(=O)O)CC. The molecule has 0 radical (unpaired) electrons. The minimum atomic E-state index is -0.896. The van der Waals surface area contributed by atoms with Gasteiger partial charge < -0.3 is 5.11 Å². The number of carbonyl (C=O) groups is 1. The highest BCUT2D eigenvalue weighted by Gasteiger charge is 1.87. The molecule has 2 heteroatoms. The van der Waals surface area contributed by atoms with E-state index in [1.807, 2.05) is 19.9 Å². The molecule has 10 heavy (non-hydrogen) atoms. The molecule has 0 aliphatic heterocycles. The first kappa shape index (κ1) is 8.95. The topological polar surface area (TPSA) is 37.3 Å². The number of hydrogen-bond acceptors (Lipinski definition) is 1. The average molecular weight is 140 g/mol. The minimum Gasteiger partial charge on any atom is -0.478 e. The average Bonchev–Trinajstić information content (AvgIpc) is 1.90. The van der Waals surface area contributed by atoms with E-state index >= 15 is 0 Å². The van der Waals surface area contributed by atoms with Crippen LogP contribution in [-0.4, -0.2) is 11.1 Å². The van der Waals surface area contributed by atoms with Crippen molar-refractivity contribution in [2.24, 2.45) is 0 Å². The Morgan fingerprint density at radius 3 is 2.40 bits per heavy atom. The summed E-state index contributed by atoms with van der Waals surface area (Å²) in [6, 6.07) is 0. The lowest BCUT2D eigenvalue weighted by Crippen LogP contribution is -1.86.